The van der Waals surface area contributed by atoms with E-state index in [1.165, 1.54) is 108 Å². The Morgan fingerprint density at radius 1 is 0.444 bits per heavy atom. The van der Waals surface area contributed by atoms with E-state index in [1.807, 2.05) is 178 Å². The van der Waals surface area contributed by atoms with E-state index in [9.17, 15) is 27.4 Å². The molecule has 135 heavy (non-hydrogen) atoms. The van der Waals surface area contributed by atoms with Crippen LogP contribution in [0.4, 0.5) is 5.69 Å². The smallest absolute Gasteiger partial charge is 0.343 e. The molecule has 1 aliphatic heterocycles. The number of nitrogens with one attached hydrogen (secondary N) is 1. The number of anilines is 1. The molecular formula is C117H145NO15S2. The quantitative estimate of drug-likeness (QED) is 0.00639. The van der Waals surface area contributed by atoms with Crippen LogP contribution in [0.3, 0.4) is 0 Å². The summed E-state index contributed by atoms with van der Waals surface area (Å²) in [4.78, 5) is 35.9. The number of methoxy groups -OCH3 is 1. The summed E-state index contributed by atoms with van der Waals surface area (Å²) in [6, 6.07) is 92.1. The molecule has 0 aromatic heterocycles. The highest BCUT2D eigenvalue weighted by atomic mass is 32.2. The molecule has 1 heterocycles. The fraction of sp³-hybridized carbons (Fsp3) is 0.376. The SMILES string of the molecule is CCC(C)c1cccc(O)c1.CCC(C)c1cccc(O)c1.CCC(C)c1cccc(OC(=O)c2ccccc2C)c1.CCC(C)c1cccc(OC(C)OCCOc2ccc(C3CCCCC3)cc2)c1.CCC(C)c1cccc(OC(Cc2ccccc2)OC)c1.CCC(C)c1cccc(OCC(=O)Nc2ccc3ccc(S(=O)(=O)[O-])cc3c2)c1.O=C(C[S+]1CCCC1)c1ccccc1. The monoisotopic (exact) mass is 1870 g/mol. The second-order valence-electron chi connectivity index (χ2n) is 35.0. The molecule has 8 unspecified atom stereocenters. The van der Waals surface area contributed by atoms with Gasteiger partial charge in [-0.05, 0) is 306 Å². The van der Waals surface area contributed by atoms with Crippen molar-refractivity contribution in [1.82, 2.24) is 0 Å². The molecule has 3 N–H and O–H groups in total. The number of esters is 1. The van der Waals surface area contributed by atoms with Crippen molar-refractivity contribution in [3.63, 3.8) is 0 Å². The van der Waals surface area contributed by atoms with E-state index < -0.39 is 10.1 Å². The van der Waals surface area contributed by atoms with Crippen LogP contribution in [0.5, 0.6) is 40.2 Å². The first kappa shape index (κ1) is 109. The number of hydrogen-bond donors (Lipinski definition) is 3. The van der Waals surface area contributed by atoms with Gasteiger partial charge in [0.05, 0.1) is 17.1 Å². The first-order chi connectivity index (χ1) is 65.1. The van der Waals surface area contributed by atoms with Crippen molar-refractivity contribution >= 4 is 55.1 Å². The Bertz CT molecular complexity index is 5550. The minimum absolute atomic E-state index is 0.156. The topological polar surface area (TPSA) is 226 Å². The molecule has 1 saturated carbocycles. The van der Waals surface area contributed by atoms with E-state index in [1.54, 1.807) is 55.6 Å². The molecule has 8 atom stereocenters. The maximum atomic E-state index is 12.2. The van der Waals surface area contributed by atoms with Crippen molar-refractivity contribution in [2.75, 3.05) is 49.5 Å². The molecule has 1 aliphatic carbocycles. The number of hydrogen-bond acceptors (Lipinski definition) is 15. The standard InChI is InChI=1S/C26H36O3.C22H23NO5S.C19H24O2.C18H20O2.C12H15OS.2C10H14O/c1-4-20(2)24-11-8-12-26(19-24)29-21(3)27-17-18-28-25-15-13-23(14-16-25)22-9-6-5-7-10-22;1-3-15(2)17-5-4-6-20(12-17)28-14-22(24)23-19-9-7-16-8-10-21(29(25,26)27)13-18(16)11-19;1-4-15(2)17-11-8-12-18(14-17)21-19(20-3)13-16-9-6-5-7-10-16;1-4-13(2)15-9-7-10-16(12-15)20-18(19)17-11-6-5-8-14(17)3;13-12(10-14-8-4-5-9-14)11-6-2-1-3-7-11;2*1-3-8(2)9-5-4-6-10(11)7-9/h8,11-16,19-22H,4-7,9-10,17-18H2,1-3H3;4-13,15H,3,14H2,1-2H3,(H,23,24)(H,25,26,27);5-12,14-15,19H,4,13H2,1-3H3;5-13H,4H2,1-3H3;1-3,6-7H,4-5,8-10H2;2*4-8,11H,3H2,1-2H3/q;;;;+1;;/p-1. The highest BCUT2D eigenvalue weighted by Gasteiger charge is 2.28. The number of phenolic OH excluding ortho intramolecular Hbond substituents is 2. The Morgan fingerprint density at radius 2 is 0.904 bits per heavy atom. The summed E-state index contributed by atoms with van der Waals surface area (Å²) in [5.41, 5.74) is 13.0. The van der Waals surface area contributed by atoms with E-state index in [2.05, 4.69) is 155 Å². The van der Waals surface area contributed by atoms with Crippen molar-refractivity contribution < 1.29 is 70.7 Å². The number of Topliss-reactive ketones (excluding diaryl/α,β-unsaturated/α-hetero) is 1. The van der Waals surface area contributed by atoms with Gasteiger partial charge in [0.15, 0.2) is 18.6 Å². The normalized spacial score (nSPS) is 14.1. The first-order valence-corrected chi connectivity index (χ1v) is 51.4. The summed E-state index contributed by atoms with van der Waals surface area (Å²) in [6.45, 7) is 30.7. The van der Waals surface area contributed by atoms with Crippen molar-refractivity contribution in [3.05, 3.63) is 352 Å². The van der Waals surface area contributed by atoms with E-state index >= 15 is 0 Å². The molecule has 16 nitrogen and oxygen atoms in total. The van der Waals surface area contributed by atoms with Crippen LogP contribution in [0.2, 0.25) is 0 Å². The number of amides is 1. The molecule has 0 spiro atoms. The second kappa shape index (κ2) is 58.7. The van der Waals surface area contributed by atoms with E-state index in [-0.39, 0.29) is 36.0 Å². The first-order valence-electron chi connectivity index (χ1n) is 48.2. The lowest BCUT2D eigenvalue weighted by molar-refractivity contribution is -0.118. The Morgan fingerprint density at radius 3 is 1.41 bits per heavy atom. The lowest BCUT2D eigenvalue weighted by Crippen LogP contribution is -2.21. The largest absolute Gasteiger partial charge is 0.744 e. The van der Waals surface area contributed by atoms with Gasteiger partial charge in [-0.1, -0.05) is 278 Å². The van der Waals surface area contributed by atoms with E-state index in [0.29, 0.717) is 105 Å². The van der Waals surface area contributed by atoms with Crippen LogP contribution in [0.15, 0.2) is 296 Å². The summed E-state index contributed by atoms with van der Waals surface area (Å²) >= 11 is 0. The molecule has 1 saturated heterocycles. The number of fused-ring (bicyclic) bond motifs is 1. The van der Waals surface area contributed by atoms with Gasteiger partial charge in [0, 0.05) is 24.8 Å². The van der Waals surface area contributed by atoms with Gasteiger partial charge in [0.25, 0.3) is 5.91 Å². The van der Waals surface area contributed by atoms with Crippen molar-refractivity contribution in [3.8, 4) is 40.2 Å². The van der Waals surface area contributed by atoms with Gasteiger partial charge in [-0.3, -0.25) is 9.59 Å². The zero-order valence-corrected chi connectivity index (χ0v) is 83.7. The van der Waals surface area contributed by atoms with Crippen LogP contribution in [-0.2, 0) is 41.7 Å². The average Bonchev–Trinajstić information content (AvgIpc) is 1.24. The lowest BCUT2D eigenvalue weighted by atomic mass is 9.84. The Labute approximate surface area is 808 Å². The molecule has 12 aromatic carbocycles. The number of carbonyl (C=O) groups excluding carboxylic acids is 3. The van der Waals surface area contributed by atoms with Gasteiger partial charge in [0.2, 0.25) is 12.1 Å². The summed E-state index contributed by atoms with van der Waals surface area (Å²) in [6.07, 6.45) is 16.1. The van der Waals surface area contributed by atoms with Gasteiger partial charge in [-0.25, -0.2) is 13.2 Å². The number of ketones is 1. The molecule has 14 rings (SSSR count). The van der Waals surface area contributed by atoms with Gasteiger partial charge in [-0.2, -0.15) is 0 Å². The van der Waals surface area contributed by atoms with Gasteiger partial charge >= 0.3 is 5.97 Å². The van der Waals surface area contributed by atoms with E-state index in [0.717, 1.165) is 95.9 Å². The summed E-state index contributed by atoms with van der Waals surface area (Å²) in [7, 11) is -2.46. The summed E-state index contributed by atoms with van der Waals surface area (Å²) in [5, 5.41) is 22.3. The third kappa shape index (κ3) is 38.7. The van der Waals surface area contributed by atoms with Crippen molar-refractivity contribution in [1.29, 1.82) is 0 Å². The number of ether oxygens (including phenoxy) is 7. The molecule has 12 aromatic rings. The van der Waals surface area contributed by atoms with Crippen molar-refractivity contribution in [2.45, 2.75) is 246 Å². The molecule has 2 aliphatic rings. The number of aryl methyl sites for hydroxylation is 1. The molecule has 0 bridgehead atoms. The average molecular weight is 1870 g/mol. The predicted molar refractivity (Wildman–Crippen MR) is 554 cm³/mol. The fourth-order valence-electron chi connectivity index (χ4n) is 15.2. The molecule has 0 radical (unpaired) electrons. The van der Waals surface area contributed by atoms with Gasteiger partial charge in [-0.15, -0.1) is 0 Å². The van der Waals surface area contributed by atoms with Crippen LogP contribution in [-0.4, -0.2) is 97.6 Å². The number of benzene rings is 12. The van der Waals surface area contributed by atoms with Crippen molar-refractivity contribution in [2.24, 2.45) is 0 Å². The lowest BCUT2D eigenvalue weighted by Gasteiger charge is -2.22. The molecular weight excluding hydrogens is 1720 g/mol. The third-order valence-electron chi connectivity index (χ3n) is 24.9. The fourth-order valence-corrected chi connectivity index (χ4v) is 17.9. The van der Waals surface area contributed by atoms with Gasteiger partial charge in [0.1, 0.15) is 68.5 Å². The highest BCUT2D eigenvalue weighted by Crippen LogP contribution is 2.35. The third-order valence-corrected chi connectivity index (χ3v) is 28.1. The molecule has 720 valence electrons. The maximum Gasteiger partial charge on any atom is 0.343 e. The zero-order valence-electron chi connectivity index (χ0n) is 82.1. The van der Waals surface area contributed by atoms with Gasteiger partial charge < -0.3 is 53.2 Å². The van der Waals surface area contributed by atoms with Crippen LogP contribution < -0.4 is 29.0 Å². The second-order valence-corrected chi connectivity index (χ2v) is 38.7. The zero-order chi connectivity index (χ0) is 97.4. The predicted octanol–water partition coefficient (Wildman–Crippen LogP) is 29.0. The minimum atomic E-state index is -4.54. The number of rotatable bonds is 35. The summed E-state index contributed by atoms with van der Waals surface area (Å²) < 4.78 is 73.6. The van der Waals surface area contributed by atoms with Crippen LogP contribution in [0, 0.1) is 6.92 Å². The maximum absolute atomic E-state index is 12.2. The molecule has 2 fully saturated rings. The molecule has 18 heteroatoms. The number of aromatic hydroxyl groups is 2. The van der Waals surface area contributed by atoms with Crippen LogP contribution in [0.1, 0.15) is 286 Å². The highest BCUT2D eigenvalue weighted by molar-refractivity contribution is 7.97. The number of carbonyl (C=O) groups is 3. The van der Waals surface area contributed by atoms with E-state index in [4.69, 9.17) is 43.4 Å². The van der Waals surface area contributed by atoms with Crippen LogP contribution in [0.25, 0.3) is 10.8 Å². The minimum Gasteiger partial charge on any atom is -0.744 e. The summed E-state index contributed by atoms with van der Waals surface area (Å²) in [5.74, 6) is 11.4. The Balaban J connectivity index is 0.000000199. The van der Waals surface area contributed by atoms with Crippen LogP contribution >= 0.6 is 0 Å². The molecule has 1 amide bonds. The Kier molecular flexibility index (Phi) is 47.3. The number of phenols is 2. The Hall–Kier alpha value is -11.5.